The third-order valence-corrected chi connectivity index (χ3v) is 6.51. The van der Waals surface area contributed by atoms with Crippen molar-refractivity contribution in [1.29, 1.82) is 0 Å². The molecule has 1 amide bonds. The number of hydrogen-bond donors (Lipinski definition) is 0. The van der Waals surface area contributed by atoms with Crippen LogP contribution in [0.1, 0.15) is 51.2 Å². The van der Waals surface area contributed by atoms with Gasteiger partial charge in [0.05, 0.1) is 12.0 Å². The van der Waals surface area contributed by atoms with Crippen molar-refractivity contribution in [3.8, 4) is 11.3 Å². The van der Waals surface area contributed by atoms with Gasteiger partial charge >= 0.3 is 5.97 Å². The zero-order valence-corrected chi connectivity index (χ0v) is 17.9. The van der Waals surface area contributed by atoms with E-state index in [1.807, 2.05) is 4.90 Å². The molecule has 0 spiro atoms. The third-order valence-electron chi connectivity index (χ3n) is 6.51. The van der Waals surface area contributed by atoms with Gasteiger partial charge in [0.25, 0.3) is 0 Å². The van der Waals surface area contributed by atoms with E-state index in [0.29, 0.717) is 37.4 Å². The van der Waals surface area contributed by atoms with Crippen LogP contribution in [0.2, 0.25) is 0 Å². The Morgan fingerprint density at radius 1 is 1.23 bits per heavy atom. The van der Waals surface area contributed by atoms with Gasteiger partial charge in [0.15, 0.2) is 0 Å². The van der Waals surface area contributed by atoms with Crippen LogP contribution in [0.4, 0.5) is 4.39 Å². The molecule has 7 heteroatoms. The predicted octanol–water partition coefficient (Wildman–Crippen LogP) is 4.39. The molecule has 2 aliphatic rings. The molecule has 1 atom stereocenters. The molecule has 166 valence electrons. The van der Waals surface area contributed by atoms with Gasteiger partial charge in [-0.05, 0) is 56.9 Å². The Kier molecular flexibility index (Phi) is 6.39. The van der Waals surface area contributed by atoms with Gasteiger partial charge in [-0.15, -0.1) is 0 Å². The predicted molar refractivity (Wildman–Crippen MR) is 112 cm³/mol. The van der Waals surface area contributed by atoms with Crippen LogP contribution >= 0.6 is 0 Å². The number of ether oxygens (including phenoxy) is 1. The monoisotopic (exact) mass is 428 g/mol. The van der Waals surface area contributed by atoms with Crippen molar-refractivity contribution in [1.82, 2.24) is 10.1 Å². The quantitative estimate of drug-likeness (QED) is 0.638. The Balaban J connectivity index is 1.55. The minimum absolute atomic E-state index is 0.0772. The summed E-state index contributed by atoms with van der Waals surface area (Å²) < 4.78 is 24.2. The molecular weight excluding hydrogens is 399 g/mol. The lowest BCUT2D eigenvalue weighted by Gasteiger charge is -2.41. The molecule has 0 unspecified atom stereocenters. The van der Waals surface area contributed by atoms with E-state index < -0.39 is 5.41 Å². The Morgan fingerprint density at radius 3 is 2.68 bits per heavy atom. The summed E-state index contributed by atoms with van der Waals surface area (Å²) in [7, 11) is 0. The maximum atomic E-state index is 13.2. The Labute approximate surface area is 181 Å². The van der Waals surface area contributed by atoms with Crippen LogP contribution in [0.3, 0.4) is 0 Å². The first-order valence-electron chi connectivity index (χ1n) is 11.2. The van der Waals surface area contributed by atoms with E-state index in [0.717, 1.165) is 37.7 Å². The number of amides is 1. The van der Waals surface area contributed by atoms with Crippen molar-refractivity contribution < 1.29 is 23.2 Å². The molecule has 0 radical (unpaired) electrons. The number of esters is 1. The summed E-state index contributed by atoms with van der Waals surface area (Å²) in [5.74, 6) is 0.188. The average Bonchev–Trinajstić information content (AvgIpc) is 3.47. The fourth-order valence-corrected chi connectivity index (χ4v) is 4.90. The van der Waals surface area contributed by atoms with Gasteiger partial charge in [-0.2, -0.15) is 0 Å². The summed E-state index contributed by atoms with van der Waals surface area (Å²) in [4.78, 5) is 28.0. The van der Waals surface area contributed by atoms with E-state index in [1.165, 1.54) is 12.1 Å². The molecule has 0 N–H and O–H groups in total. The van der Waals surface area contributed by atoms with Gasteiger partial charge in [-0.25, -0.2) is 4.39 Å². The largest absolute Gasteiger partial charge is 0.466 e. The van der Waals surface area contributed by atoms with E-state index in [1.54, 1.807) is 25.1 Å². The van der Waals surface area contributed by atoms with Crippen LogP contribution in [0.5, 0.6) is 0 Å². The van der Waals surface area contributed by atoms with Crippen molar-refractivity contribution in [2.24, 2.45) is 11.3 Å². The first-order valence-corrected chi connectivity index (χ1v) is 11.2. The lowest BCUT2D eigenvalue weighted by atomic mass is 9.76. The third kappa shape index (κ3) is 4.65. The second kappa shape index (κ2) is 9.20. The minimum atomic E-state index is -0.845. The molecule has 31 heavy (non-hydrogen) atoms. The molecule has 6 nitrogen and oxygen atoms in total. The Morgan fingerprint density at radius 2 is 1.97 bits per heavy atom. The number of rotatable bonds is 6. The average molecular weight is 429 g/mol. The number of nitrogens with zero attached hydrogens (tertiary/aromatic N) is 2. The number of aromatic nitrogens is 1. The molecule has 4 rings (SSSR count). The molecule has 1 saturated carbocycles. The van der Waals surface area contributed by atoms with Crippen LogP contribution in [0.25, 0.3) is 11.3 Å². The molecule has 2 fully saturated rings. The zero-order valence-electron chi connectivity index (χ0n) is 17.9. The number of likely N-dealkylation sites (tertiary alicyclic amines) is 1. The number of benzene rings is 1. The molecule has 1 aromatic heterocycles. The van der Waals surface area contributed by atoms with Gasteiger partial charge in [-0.1, -0.05) is 18.0 Å². The first kappa shape index (κ1) is 21.5. The highest BCUT2D eigenvalue weighted by molar-refractivity contribution is 5.82. The fourth-order valence-electron chi connectivity index (χ4n) is 4.90. The highest BCUT2D eigenvalue weighted by Gasteiger charge is 2.46. The van der Waals surface area contributed by atoms with E-state index in [4.69, 9.17) is 9.26 Å². The molecule has 1 aliphatic carbocycles. The van der Waals surface area contributed by atoms with Crippen LogP contribution in [-0.2, 0) is 20.7 Å². The van der Waals surface area contributed by atoms with Crippen molar-refractivity contribution in [3.63, 3.8) is 0 Å². The molecular formula is C24H29FN2O4. The minimum Gasteiger partial charge on any atom is -0.466 e. The van der Waals surface area contributed by atoms with Gasteiger partial charge < -0.3 is 14.2 Å². The molecule has 2 heterocycles. The number of halogens is 1. The first-order chi connectivity index (χ1) is 15.0. The molecule has 1 aliphatic heterocycles. The molecule has 1 saturated heterocycles. The maximum absolute atomic E-state index is 13.2. The number of carbonyl (C=O) groups is 2. The highest BCUT2D eigenvalue weighted by atomic mass is 19.1. The summed E-state index contributed by atoms with van der Waals surface area (Å²) >= 11 is 0. The topological polar surface area (TPSA) is 72.6 Å². The van der Waals surface area contributed by atoms with Gasteiger partial charge in [-0.3, -0.25) is 9.59 Å². The van der Waals surface area contributed by atoms with E-state index in [9.17, 15) is 14.0 Å². The van der Waals surface area contributed by atoms with Crippen molar-refractivity contribution >= 4 is 11.9 Å². The normalized spacial score (nSPS) is 21.9. The Hall–Kier alpha value is -2.70. The van der Waals surface area contributed by atoms with Crippen molar-refractivity contribution in [2.45, 2.75) is 51.9 Å². The Bertz CT molecular complexity index is 920. The highest BCUT2D eigenvalue weighted by Crippen LogP contribution is 2.38. The molecule has 2 aromatic rings. The SMILES string of the molecule is CCOC(=O)[C@@]1(Cc2cc(-c3ccc(F)cc3)no2)CCCN(C(=O)C2CCCC2)C1. The van der Waals surface area contributed by atoms with E-state index >= 15 is 0 Å². The van der Waals surface area contributed by atoms with Crippen molar-refractivity contribution in [3.05, 3.63) is 41.9 Å². The summed E-state index contributed by atoms with van der Waals surface area (Å²) in [6, 6.07) is 7.81. The van der Waals surface area contributed by atoms with Crippen LogP contribution < -0.4 is 0 Å². The number of hydrogen-bond acceptors (Lipinski definition) is 5. The van der Waals surface area contributed by atoms with Gasteiger partial charge in [0.1, 0.15) is 17.3 Å². The summed E-state index contributed by atoms with van der Waals surface area (Å²) in [5.41, 5.74) is 0.481. The summed E-state index contributed by atoms with van der Waals surface area (Å²) in [6.07, 6.45) is 5.75. The van der Waals surface area contributed by atoms with Crippen LogP contribution in [0.15, 0.2) is 34.9 Å². The number of piperidine rings is 1. The lowest BCUT2D eigenvalue weighted by molar-refractivity contribution is -0.161. The molecule has 0 bridgehead atoms. The number of carbonyl (C=O) groups excluding carboxylic acids is 2. The van der Waals surface area contributed by atoms with E-state index in [2.05, 4.69) is 5.16 Å². The van der Waals surface area contributed by atoms with Gasteiger partial charge in [0.2, 0.25) is 5.91 Å². The van der Waals surface area contributed by atoms with Gasteiger partial charge in [0, 0.05) is 37.1 Å². The standard InChI is InChI=1S/C24H29FN2O4/c1-2-30-23(29)24(12-5-13-27(16-24)22(28)18-6-3-4-7-18)15-20-14-21(26-31-20)17-8-10-19(25)11-9-17/h8-11,14,18H,2-7,12-13,15-16H2,1H3/t24-/m1/s1. The molecule has 1 aromatic carbocycles. The second-order valence-electron chi connectivity index (χ2n) is 8.71. The van der Waals surface area contributed by atoms with Crippen LogP contribution in [0, 0.1) is 17.2 Å². The van der Waals surface area contributed by atoms with Crippen molar-refractivity contribution in [2.75, 3.05) is 19.7 Å². The summed E-state index contributed by atoms with van der Waals surface area (Å²) in [6.45, 7) is 3.09. The second-order valence-corrected chi connectivity index (χ2v) is 8.71. The fraction of sp³-hybridized carbons (Fsp3) is 0.542. The smallest absolute Gasteiger partial charge is 0.314 e. The van der Waals surface area contributed by atoms with E-state index in [-0.39, 0.29) is 30.2 Å². The summed E-state index contributed by atoms with van der Waals surface area (Å²) in [5, 5.41) is 4.11. The van der Waals surface area contributed by atoms with Crippen LogP contribution in [-0.4, -0.2) is 41.6 Å². The lowest BCUT2D eigenvalue weighted by Crippen LogP contribution is -2.52. The maximum Gasteiger partial charge on any atom is 0.314 e. The zero-order chi connectivity index (χ0) is 21.8.